The highest BCUT2D eigenvalue weighted by Crippen LogP contribution is 2.61. The summed E-state index contributed by atoms with van der Waals surface area (Å²) in [6, 6.07) is 0.631. The van der Waals surface area contributed by atoms with Crippen LogP contribution in [0.2, 0.25) is 0 Å². The van der Waals surface area contributed by atoms with Crippen molar-refractivity contribution in [2.24, 2.45) is 23.2 Å². The topological polar surface area (TPSA) is 43.8 Å². The first-order valence-electron chi connectivity index (χ1n) is 11.3. The van der Waals surface area contributed by atoms with Gasteiger partial charge in [0, 0.05) is 38.6 Å². The number of aliphatic hydroxyl groups is 1. The molecule has 0 aromatic rings. The van der Waals surface area contributed by atoms with Crippen molar-refractivity contribution >= 4 is 5.91 Å². The van der Waals surface area contributed by atoms with Crippen molar-refractivity contribution in [3.05, 3.63) is 0 Å². The number of rotatable bonds is 3. The molecule has 4 heteroatoms. The lowest BCUT2D eigenvalue weighted by Gasteiger charge is -2.57. The number of carbonyl (C=O) groups is 1. The second kappa shape index (κ2) is 6.77. The standard InChI is InChI=1S/C22H36N2O2/c25-20-3-7-23(8-4-20)19-1-5-24(6-2-19)21(26)15-22-12-16-9-17(13-22)11-18(10-16)14-22/h16-20,25H,1-15H2. The van der Waals surface area contributed by atoms with Crippen molar-refractivity contribution in [2.75, 3.05) is 26.2 Å². The average molecular weight is 361 g/mol. The molecule has 6 fully saturated rings. The Labute approximate surface area is 158 Å². The highest BCUT2D eigenvalue weighted by Gasteiger charge is 2.51. The summed E-state index contributed by atoms with van der Waals surface area (Å²) in [7, 11) is 0. The molecule has 26 heavy (non-hydrogen) atoms. The zero-order valence-electron chi connectivity index (χ0n) is 16.2. The maximum absolute atomic E-state index is 13.1. The van der Waals surface area contributed by atoms with Crippen LogP contribution < -0.4 is 0 Å². The molecule has 1 amide bonds. The van der Waals surface area contributed by atoms with Crippen LogP contribution in [-0.2, 0) is 4.79 Å². The summed E-state index contributed by atoms with van der Waals surface area (Å²) in [6.07, 6.45) is 13.3. The van der Waals surface area contributed by atoms with Gasteiger partial charge in [0.1, 0.15) is 0 Å². The second-order valence-electron chi connectivity index (χ2n) is 10.5. The Kier molecular flexibility index (Phi) is 4.55. The zero-order chi connectivity index (χ0) is 17.7. The fourth-order valence-electron chi connectivity index (χ4n) is 7.67. The lowest BCUT2D eigenvalue weighted by atomic mass is 9.49. The molecule has 4 saturated carbocycles. The third-order valence-corrected chi connectivity index (χ3v) is 8.52. The lowest BCUT2D eigenvalue weighted by Crippen LogP contribution is -2.51. The minimum absolute atomic E-state index is 0.0896. The van der Waals surface area contributed by atoms with E-state index in [9.17, 15) is 9.90 Å². The van der Waals surface area contributed by atoms with Gasteiger partial charge in [-0.25, -0.2) is 0 Å². The van der Waals surface area contributed by atoms with Gasteiger partial charge in [-0.3, -0.25) is 4.79 Å². The Hall–Kier alpha value is -0.610. The third-order valence-electron chi connectivity index (χ3n) is 8.52. The van der Waals surface area contributed by atoms with Gasteiger partial charge >= 0.3 is 0 Å². The van der Waals surface area contributed by atoms with Crippen molar-refractivity contribution in [1.29, 1.82) is 0 Å². The summed E-state index contributed by atoms with van der Waals surface area (Å²) in [6.45, 7) is 3.98. The Morgan fingerprint density at radius 3 is 1.92 bits per heavy atom. The van der Waals surface area contributed by atoms with Crippen LogP contribution in [0.25, 0.3) is 0 Å². The van der Waals surface area contributed by atoms with Crippen LogP contribution >= 0.6 is 0 Å². The SMILES string of the molecule is O=C(CC12CC3CC(CC(C3)C1)C2)N1CCC(N2CCC(O)CC2)CC1. The van der Waals surface area contributed by atoms with Crippen molar-refractivity contribution < 1.29 is 9.90 Å². The Balaban J connectivity index is 1.14. The van der Waals surface area contributed by atoms with E-state index in [1.165, 1.54) is 38.5 Å². The highest BCUT2D eigenvalue weighted by molar-refractivity contribution is 5.77. The van der Waals surface area contributed by atoms with Crippen LogP contribution in [0.3, 0.4) is 0 Å². The van der Waals surface area contributed by atoms with E-state index in [1.807, 2.05) is 0 Å². The molecule has 0 aromatic heterocycles. The van der Waals surface area contributed by atoms with E-state index in [2.05, 4.69) is 9.80 Å². The summed E-state index contributed by atoms with van der Waals surface area (Å²) in [5.41, 5.74) is 0.381. The number of aliphatic hydroxyl groups excluding tert-OH is 1. The molecule has 146 valence electrons. The molecule has 0 aromatic carbocycles. The maximum atomic E-state index is 13.1. The Morgan fingerprint density at radius 1 is 0.846 bits per heavy atom. The fourth-order valence-corrected chi connectivity index (χ4v) is 7.67. The van der Waals surface area contributed by atoms with Gasteiger partial charge in [0.15, 0.2) is 0 Å². The summed E-state index contributed by atoms with van der Waals surface area (Å²) in [5.74, 6) is 3.28. The molecule has 2 heterocycles. The number of hydrogen-bond donors (Lipinski definition) is 1. The largest absolute Gasteiger partial charge is 0.393 e. The monoisotopic (exact) mass is 360 g/mol. The lowest BCUT2D eigenvalue weighted by molar-refractivity contribution is -0.141. The highest BCUT2D eigenvalue weighted by atomic mass is 16.3. The van der Waals surface area contributed by atoms with Crippen LogP contribution in [0.1, 0.15) is 70.6 Å². The summed E-state index contributed by atoms with van der Waals surface area (Å²) >= 11 is 0. The molecule has 0 spiro atoms. The van der Waals surface area contributed by atoms with Crippen LogP contribution in [0.4, 0.5) is 0 Å². The van der Waals surface area contributed by atoms with Gasteiger partial charge < -0.3 is 14.9 Å². The predicted octanol–water partition coefficient (Wildman–Crippen LogP) is 3.04. The smallest absolute Gasteiger partial charge is 0.223 e. The molecule has 4 aliphatic carbocycles. The van der Waals surface area contributed by atoms with E-state index in [0.29, 0.717) is 17.4 Å². The van der Waals surface area contributed by atoms with E-state index in [4.69, 9.17) is 0 Å². The first-order chi connectivity index (χ1) is 12.6. The van der Waals surface area contributed by atoms with Crippen molar-refractivity contribution in [2.45, 2.75) is 82.8 Å². The number of nitrogens with zero attached hydrogens (tertiary/aromatic N) is 2. The summed E-state index contributed by atoms with van der Waals surface area (Å²) in [5, 5.41) is 9.71. The second-order valence-corrected chi connectivity index (χ2v) is 10.5. The average Bonchev–Trinajstić information content (AvgIpc) is 2.61. The molecule has 0 unspecified atom stereocenters. The molecular formula is C22H36N2O2. The van der Waals surface area contributed by atoms with E-state index in [0.717, 1.165) is 76.0 Å². The molecule has 4 bridgehead atoms. The van der Waals surface area contributed by atoms with Gasteiger partial charge in [-0.15, -0.1) is 0 Å². The first kappa shape index (κ1) is 17.5. The van der Waals surface area contributed by atoms with E-state index < -0.39 is 0 Å². The van der Waals surface area contributed by atoms with Gasteiger partial charge in [0.2, 0.25) is 5.91 Å². The molecule has 2 saturated heterocycles. The molecule has 1 N–H and O–H groups in total. The predicted molar refractivity (Wildman–Crippen MR) is 102 cm³/mol. The zero-order valence-corrected chi connectivity index (χ0v) is 16.2. The summed E-state index contributed by atoms with van der Waals surface area (Å²) < 4.78 is 0. The van der Waals surface area contributed by atoms with Gasteiger partial charge in [-0.1, -0.05) is 0 Å². The van der Waals surface area contributed by atoms with Gasteiger partial charge in [0.05, 0.1) is 6.10 Å². The minimum atomic E-state index is -0.0896. The number of hydrogen-bond acceptors (Lipinski definition) is 3. The first-order valence-corrected chi connectivity index (χ1v) is 11.3. The van der Waals surface area contributed by atoms with Crippen molar-refractivity contribution in [3.63, 3.8) is 0 Å². The van der Waals surface area contributed by atoms with Gasteiger partial charge in [0.25, 0.3) is 0 Å². The van der Waals surface area contributed by atoms with Gasteiger partial charge in [-0.2, -0.15) is 0 Å². The maximum Gasteiger partial charge on any atom is 0.223 e. The van der Waals surface area contributed by atoms with Gasteiger partial charge in [-0.05, 0) is 87.4 Å². The summed E-state index contributed by atoms with van der Waals surface area (Å²) in [4.78, 5) is 17.8. The molecule has 6 aliphatic rings. The Bertz CT molecular complexity index is 497. The third kappa shape index (κ3) is 3.32. The molecule has 4 nitrogen and oxygen atoms in total. The number of carbonyl (C=O) groups excluding carboxylic acids is 1. The molecule has 6 rings (SSSR count). The van der Waals surface area contributed by atoms with Crippen molar-refractivity contribution in [3.8, 4) is 0 Å². The molecule has 2 aliphatic heterocycles. The van der Waals surface area contributed by atoms with E-state index in [1.54, 1.807) is 0 Å². The van der Waals surface area contributed by atoms with E-state index in [-0.39, 0.29) is 6.10 Å². The molecule has 0 radical (unpaired) electrons. The fraction of sp³-hybridized carbons (Fsp3) is 0.955. The van der Waals surface area contributed by atoms with Crippen LogP contribution in [0, 0.1) is 23.2 Å². The number of likely N-dealkylation sites (tertiary alicyclic amines) is 2. The molecular weight excluding hydrogens is 324 g/mol. The quantitative estimate of drug-likeness (QED) is 0.841. The van der Waals surface area contributed by atoms with Crippen LogP contribution in [-0.4, -0.2) is 59.1 Å². The molecule has 0 atom stereocenters. The van der Waals surface area contributed by atoms with E-state index >= 15 is 0 Å². The Morgan fingerprint density at radius 2 is 1.38 bits per heavy atom. The van der Waals surface area contributed by atoms with Crippen molar-refractivity contribution in [1.82, 2.24) is 9.80 Å². The normalized spacial score (nSPS) is 41.7. The minimum Gasteiger partial charge on any atom is -0.393 e. The number of piperidine rings is 2. The van der Waals surface area contributed by atoms with Crippen LogP contribution in [0.5, 0.6) is 0 Å². The van der Waals surface area contributed by atoms with Crippen LogP contribution in [0.15, 0.2) is 0 Å². The number of amides is 1.